The second kappa shape index (κ2) is 5.87. The maximum Gasteiger partial charge on any atom is 0.0917 e. The average Bonchev–Trinajstić information content (AvgIpc) is 2.67. The lowest BCUT2D eigenvalue weighted by molar-refractivity contribution is 0.109. The Balaban J connectivity index is 2.01. The Morgan fingerprint density at radius 3 is 2.25 bits per heavy atom. The molecule has 1 heterocycles. The fraction of sp³-hybridized carbons (Fsp3) is 0.667. The fourth-order valence-corrected chi connectivity index (χ4v) is 3.17. The van der Waals surface area contributed by atoms with Crippen molar-refractivity contribution in [2.45, 2.75) is 58.6 Å². The van der Waals surface area contributed by atoms with Gasteiger partial charge in [-0.2, -0.15) is 0 Å². The molecule has 0 aliphatic carbocycles. The number of hydrogen-bond acceptors (Lipinski definition) is 2. The van der Waals surface area contributed by atoms with Crippen LogP contribution in [0.1, 0.15) is 58.3 Å². The molecule has 2 heteroatoms. The van der Waals surface area contributed by atoms with Crippen LogP contribution in [-0.2, 0) is 5.41 Å². The van der Waals surface area contributed by atoms with E-state index in [0.717, 1.165) is 24.6 Å². The van der Waals surface area contributed by atoms with Crippen LogP contribution in [0.3, 0.4) is 0 Å². The van der Waals surface area contributed by atoms with Crippen LogP contribution < -0.4 is 0 Å². The number of hydrogen-bond donors (Lipinski definition) is 1. The van der Waals surface area contributed by atoms with E-state index in [1.54, 1.807) is 0 Å². The fourth-order valence-electron chi connectivity index (χ4n) is 3.17. The number of nitrogens with zero attached hydrogens (tertiary/aromatic N) is 1. The first-order valence-corrected chi connectivity index (χ1v) is 7.80. The van der Waals surface area contributed by atoms with Gasteiger partial charge in [0.25, 0.3) is 0 Å². The molecule has 20 heavy (non-hydrogen) atoms. The molecule has 1 saturated heterocycles. The molecule has 1 aliphatic heterocycles. The maximum absolute atomic E-state index is 10.4. The SMILES string of the molecule is CC1CC(C)N(CC(O)c2ccc(C(C)(C)C)cc2)C1. The minimum absolute atomic E-state index is 0.169. The van der Waals surface area contributed by atoms with Crippen molar-refractivity contribution in [1.29, 1.82) is 0 Å². The van der Waals surface area contributed by atoms with E-state index in [1.165, 1.54) is 12.0 Å². The van der Waals surface area contributed by atoms with Gasteiger partial charge in [0, 0.05) is 19.1 Å². The van der Waals surface area contributed by atoms with E-state index in [-0.39, 0.29) is 11.5 Å². The molecule has 2 rings (SSSR count). The van der Waals surface area contributed by atoms with Crippen molar-refractivity contribution in [3.63, 3.8) is 0 Å². The van der Waals surface area contributed by atoms with E-state index in [1.807, 2.05) is 0 Å². The Bertz CT molecular complexity index is 432. The van der Waals surface area contributed by atoms with Crippen LogP contribution in [0.25, 0.3) is 0 Å². The molecule has 1 N–H and O–H groups in total. The lowest BCUT2D eigenvalue weighted by Gasteiger charge is -2.25. The topological polar surface area (TPSA) is 23.5 Å². The standard InChI is InChI=1S/C18H29NO/c1-13-10-14(2)19(11-13)12-17(20)15-6-8-16(9-7-15)18(3,4)5/h6-9,13-14,17,20H,10-12H2,1-5H3. The van der Waals surface area contributed by atoms with Crippen molar-refractivity contribution in [2.75, 3.05) is 13.1 Å². The second-order valence-electron chi connectivity index (χ2n) is 7.53. The number of aliphatic hydroxyl groups excluding tert-OH is 1. The van der Waals surface area contributed by atoms with Crippen LogP contribution in [0, 0.1) is 5.92 Å². The van der Waals surface area contributed by atoms with Gasteiger partial charge in [-0.15, -0.1) is 0 Å². The Hall–Kier alpha value is -0.860. The van der Waals surface area contributed by atoms with E-state index in [9.17, 15) is 5.11 Å². The van der Waals surface area contributed by atoms with Gasteiger partial charge < -0.3 is 5.11 Å². The van der Waals surface area contributed by atoms with E-state index < -0.39 is 0 Å². The summed E-state index contributed by atoms with van der Waals surface area (Å²) in [4.78, 5) is 2.41. The molecule has 112 valence electrons. The summed E-state index contributed by atoms with van der Waals surface area (Å²) in [6.07, 6.45) is 0.868. The quantitative estimate of drug-likeness (QED) is 0.908. The molecular formula is C18H29NO. The predicted octanol–water partition coefficient (Wildman–Crippen LogP) is 3.75. The summed E-state index contributed by atoms with van der Waals surface area (Å²) in [7, 11) is 0. The minimum Gasteiger partial charge on any atom is -0.387 e. The summed E-state index contributed by atoms with van der Waals surface area (Å²) in [6.45, 7) is 13.1. The molecule has 0 saturated carbocycles. The van der Waals surface area contributed by atoms with Gasteiger partial charge in [0.05, 0.1) is 6.10 Å². The van der Waals surface area contributed by atoms with Crippen molar-refractivity contribution >= 4 is 0 Å². The highest BCUT2D eigenvalue weighted by molar-refractivity contribution is 5.28. The molecule has 0 spiro atoms. The molecule has 1 aromatic carbocycles. The third-order valence-corrected chi connectivity index (χ3v) is 4.48. The molecule has 0 aromatic heterocycles. The maximum atomic E-state index is 10.4. The summed E-state index contributed by atoms with van der Waals surface area (Å²) < 4.78 is 0. The van der Waals surface area contributed by atoms with Gasteiger partial charge in [0.15, 0.2) is 0 Å². The first-order valence-electron chi connectivity index (χ1n) is 7.80. The number of β-amino-alcohol motifs (C(OH)–C–C–N with tert-alkyl or cyclic N) is 1. The second-order valence-corrected chi connectivity index (χ2v) is 7.53. The summed E-state index contributed by atoms with van der Waals surface area (Å²) in [5.74, 6) is 0.750. The van der Waals surface area contributed by atoms with Crippen LogP contribution in [0.2, 0.25) is 0 Å². The first-order chi connectivity index (χ1) is 9.27. The van der Waals surface area contributed by atoms with E-state index >= 15 is 0 Å². The molecule has 1 aromatic rings. The van der Waals surface area contributed by atoms with Crippen molar-refractivity contribution in [3.8, 4) is 0 Å². The molecule has 0 amide bonds. The normalized spacial score (nSPS) is 25.9. The van der Waals surface area contributed by atoms with Crippen molar-refractivity contribution in [2.24, 2.45) is 5.92 Å². The number of benzene rings is 1. The van der Waals surface area contributed by atoms with Crippen LogP contribution in [0.5, 0.6) is 0 Å². The lowest BCUT2D eigenvalue weighted by Crippen LogP contribution is -2.31. The summed E-state index contributed by atoms with van der Waals surface area (Å²) in [5, 5.41) is 10.4. The molecule has 3 unspecified atom stereocenters. The number of aliphatic hydroxyl groups is 1. The van der Waals surface area contributed by atoms with Crippen LogP contribution >= 0.6 is 0 Å². The molecule has 2 nitrogen and oxygen atoms in total. The molecule has 3 atom stereocenters. The average molecular weight is 275 g/mol. The number of rotatable bonds is 3. The van der Waals surface area contributed by atoms with Crippen molar-refractivity contribution in [3.05, 3.63) is 35.4 Å². The summed E-state index contributed by atoms with van der Waals surface area (Å²) in [5.41, 5.74) is 2.52. The zero-order valence-corrected chi connectivity index (χ0v) is 13.6. The first kappa shape index (κ1) is 15.5. The summed E-state index contributed by atoms with van der Waals surface area (Å²) >= 11 is 0. The van der Waals surface area contributed by atoms with Crippen molar-refractivity contribution < 1.29 is 5.11 Å². The molecule has 1 aliphatic rings. The zero-order valence-electron chi connectivity index (χ0n) is 13.6. The Morgan fingerprint density at radius 1 is 1.20 bits per heavy atom. The number of likely N-dealkylation sites (tertiary alicyclic amines) is 1. The molecular weight excluding hydrogens is 246 g/mol. The van der Waals surface area contributed by atoms with Gasteiger partial charge in [-0.3, -0.25) is 4.90 Å². The van der Waals surface area contributed by atoms with Crippen molar-refractivity contribution in [1.82, 2.24) is 4.90 Å². The minimum atomic E-state index is -0.378. The summed E-state index contributed by atoms with van der Waals surface area (Å²) in [6, 6.07) is 9.04. The molecule has 0 radical (unpaired) electrons. The highest BCUT2D eigenvalue weighted by atomic mass is 16.3. The third kappa shape index (κ3) is 3.62. The van der Waals surface area contributed by atoms with Gasteiger partial charge >= 0.3 is 0 Å². The predicted molar refractivity (Wildman–Crippen MR) is 84.9 cm³/mol. The van der Waals surface area contributed by atoms with E-state index in [0.29, 0.717) is 6.04 Å². The van der Waals surface area contributed by atoms with E-state index in [2.05, 4.69) is 63.8 Å². The highest BCUT2D eigenvalue weighted by Crippen LogP contribution is 2.27. The van der Waals surface area contributed by atoms with Gasteiger partial charge in [-0.05, 0) is 35.8 Å². The van der Waals surface area contributed by atoms with Crippen LogP contribution in [0.4, 0.5) is 0 Å². The molecule has 1 fully saturated rings. The molecule has 0 bridgehead atoms. The smallest absolute Gasteiger partial charge is 0.0917 e. The Morgan fingerprint density at radius 2 is 1.80 bits per heavy atom. The van der Waals surface area contributed by atoms with Gasteiger partial charge in [-0.1, -0.05) is 52.0 Å². The van der Waals surface area contributed by atoms with E-state index in [4.69, 9.17) is 0 Å². The lowest BCUT2D eigenvalue weighted by atomic mass is 9.86. The highest BCUT2D eigenvalue weighted by Gasteiger charge is 2.27. The van der Waals surface area contributed by atoms with Gasteiger partial charge in [-0.25, -0.2) is 0 Å². The van der Waals surface area contributed by atoms with Crippen LogP contribution in [-0.4, -0.2) is 29.1 Å². The largest absolute Gasteiger partial charge is 0.387 e. The monoisotopic (exact) mass is 275 g/mol. The van der Waals surface area contributed by atoms with Gasteiger partial charge in [0.2, 0.25) is 0 Å². The Labute approximate surface area is 123 Å². The Kier molecular flexibility index (Phi) is 4.55. The third-order valence-electron chi connectivity index (χ3n) is 4.48. The van der Waals surface area contributed by atoms with Crippen LogP contribution in [0.15, 0.2) is 24.3 Å². The van der Waals surface area contributed by atoms with Gasteiger partial charge in [0.1, 0.15) is 0 Å². The zero-order chi connectivity index (χ0) is 14.9.